The Kier molecular flexibility index (Phi) is 10.9. The number of nitrogens with one attached hydrogen (secondary N) is 1. The lowest BCUT2D eigenvalue weighted by molar-refractivity contribution is -0.132. The molecule has 1 aromatic carbocycles. The van der Waals surface area contributed by atoms with E-state index in [1.54, 1.807) is 6.07 Å². The minimum atomic E-state index is -0.162. The van der Waals surface area contributed by atoms with Gasteiger partial charge >= 0.3 is 0 Å². The Bertz CT molecular complexity index is 1020. The fourth-order valence-electron chi connectivity index (χ4n) is 5.71. The topological polar surface area (TPSA) is 85.9 Å². The van der Waals surface area contributed by atoms with Crippen molar-refractivity contribution in [1.82, 2.24) is 14.8 Å². The van der Waals surface area contributed by atoms with Gasteiger partial charge in [-0.1, -0.05) is 32.1 Å². The van der Waals surface area contributed by atoms with Crippen LogP contribution in [0, 0.1) is 5.92 Å². The molecule has 1 saturated carbocycles. The summed E-state index contributed by atoms with van der Waals surface area (Å²) in [6.45, 7) is 5.01. The molecule has 7 heteroatoms. The van der Waals surface area contributed by atoms with E-state index in [0.717, 1.165) is 75.1 Å². The van der Waals surface area contributed by atoms with Crippen molar-refractivity contribution in [1.29, 1.82) is 0 Å². The number of aromatic amines is 1. The molecule has 2 N–H and O–H groups in total. The van der Waals surface area contributed by atoms with E-state index >= 15 is 0 Å². The van der Waals surface area contributed by atoms with Crippen LogP contribution in [0.4, 0.5) is 0 Å². The van der Waals surface area contributed by atoms with Crippen LogP contribution < -0.4 is 10.3 Å². The summed E-state index contributed by atoms with van der Waals surface area (Å²) in [6, 6.07) is 9.00. The summed E-state index contributed by atoms with van der Waals surface area (Å²) < 4.78 is 5.93. The predicted molar refractivity (Wildman–Crippen MR) is 148 cm³/mol. The van der Waals surface area contributed by atoms with E-state index in [2.05, 4.69) is 14.8 Å². The number of aromatic nitrogens is 1. The zero-order valence-corrected chi connectivity index (χ0v) is 22.3. The maximum Gasteiger partial charge on any atom is 0.248 e. The quantitative estimate of drug-likeness (QED) is 0.426. The highest BCUT2D eigenvalue weighted by Gasteiger charge is 2.22. The number of hydrogen-bond acceptors (Lipinski definition) is 5. The lowest BCUT2D eigenvalue weighted by Gasteiger charge is -2.33. The summed E-state index contributed by atoms with van der Waals surface area (Å²) in [5, 5.41) is 10.8. The van der Waals surface area contributed by atoms with Crippen LogP contribution >= 0.6 is 0 Å². The Morgan fingerprint density at radius 2 is 1.76 bits per heavy atom. The number of unbranched alkanes of at least 4 members (excludes halogenated alkanes) is 1. The lowest BCUT2D eigenvalue weighted by Crippen LogP contribution is -2.44. The molecule has 2 aliphatic rings. The number of likely N-dealkylation sites (tertiary alicyclic amines) is 1. The number of aliphatic hydroxyl groups excluding tert-OH is 1. The SMILES string of the molecule is O=C(CCCCOc1ccc2[nH]c(=O)ccc2c1)N(CCN1CCC(O)CC1)CC1CCCCCCC1. The van der Waals surface area contributed by atoms with Gasteiger partial charge in [0.1, 0.15) is 5.75 Å². The van der Waals surface area contributed by atoms with Crippen LogP contribution in [0.2, 0.25) is 0 Å². The molecule has 0 bridgehead atoms. The summed E-state index contributed by atoms with van der Waals surface area (Å²) in [5.41, 5.74) is 0.694. The Morgan fingerprint density at radius 3 is 2.54 bits per heavy atom. The first-order valence-electron chi connectivity index (χ1n) is 14.5. The maximum atomic E-state index is 13.3. The van der Waals surface area contributed by atoms with Crippen molar-refractivity contribution in [3.05, 3.63) is 40.7 Å². The second-order valence-electron chi connectivity index (χ2n) is 11.0. The average molecular weight is 512 g/mol. The third-order valence-electron chi connectivity index (χ3n) is 8.05. The molecule has 0 spiro atoms. The number of carbonyl (C=O) groups is 1. The lowest BCUT2D eigenvalue weighted by atomic mass is 9.90. The molecule has 37 heavy (non-hydrogen) atoms. The summed E-state index contributed by atoms with van der Waals surface area (Å²) in [4.78, 5) is 32.1. The number of pyridine rings is 1. The Labute approximate surface area is 221 Å². The minimum absolute atomic E-state index is 0.107. The van der Waals surface area contributed by atoms with Crippen molar-refractivity contribution in [3.8, 4) is 5.75 Å². The highest BCUT2D eigenvalue weighted by atomic mass is 16.5. The van der Waals surface area contributed by atoms with Crippen LogP contribution in [0.25, 0.3) is 10.9 Å². The second-order valence-corrected chi connectivity index (χ2v) is 11.0. The number of H-pyrrole nitrogens is 1. The third kappa shape index (κ3) is 9.15. The van der Waals surface area contributed by atoms with Crippen LogP contribution in [0.5, 0.6) is 5.75 Å². The smallest absolute Gasteiger partial charge is 0.248 e. The molecule has 7 nitrogen and oxygen atoms in total. The molecule has 4 rings (SSSR count). The van der Waals surface area contributed by atoms with E-state index in [9.17, 15) is 14.7 Å². The standard InChI is InChI=1S/C30H45N3O4/c34-26-15-17-32(18-16-26)19-20-33(23-24-8-4-2-1-3-5-9-24)30(36)10-6-7-21-37-27-12-13-28-25(22-27)11-14-29(35)31-28/h11-14,22,24,26,34H,1-10,15-21,23H2,(H,31,35). The molecule has 2 aromatic rings. The van der Waals surface area contributed by atoms with E-state index in [1.165, 1.54) is 51.0 Å². The number of hydrogen-bond donors (Lipinski definition) is 2. The molecule has 1 amide bonds. The highest BCUT2D eigenvalue weighted by Crippen LogP contribution is 2.24. The van der Waals surface area contributed by atoms with Gasteiger partial charge in [-0.3, -0.25) is 9.59 Å². The van der Waals surface area contributed by atoms with Gasteiger partial charge in [-0.25, -0.2) is 0 Å². The largest absolute Gasteiger partial charge is 0.494 e. The number of benzene rings is 1. The Hall–Kier alpha value is -2.38. The number of aliphatic hydroxyl groups is 1. The number of nitrogens with zero attached hydrogens (tertiary/aromatic N) is 2. The number of amides is 1. The second kappa shape index (κ2) is 14.5. The van der Waals surface area contributed by atoms with Gasteiger partial charge in [0, 0.05) is 56.1 Å². The van der Waals surface area contributed by atoms with Crippen molar-refractivity contribution in [3.63, 3.8) is 0 Å². The minimum Gasteiger partial charge on any atom is -0.494 e. The van der Waals surface area contributed by atoms with Gasteiger partial charge in [0.05, 0.1) is 12.7 Å². The van der Waals surface area contributed by atoms with E-state index in [4.69, 9.17) is 4.74 Å². The first-order valence-corrected chi connectivity index (χ1v) is 14.5. The predicted octanol–water partition coefficient (Wildman–Crippen LogP) is 4.72. The molecule has 1 aliphatic carbocycles. The van der Waals surface area contributed by atoms with Crippen LogP contribution in [0.15, 0.2) is 35.1 Å². The maximum absolute atomic E-state index is 13.3. The Morgan fingerprint density at radius 1 is 1.00 bits per heavy atom. The normalized spacial score (nSPS) is 18.4. The van der Waals surface area contributed by atoms with Crippen molar-refractivity contribution in [2.45, 2.75) is 83.2 Å². The molecule has 2 fully saturated rings. The summed E-state index contributed by atoms with van der Waals surface area (Å²) >= 11 is 0. The number of ether oxygens (including phenoxy) is 1. The molecule has 1 aromatic heterocycles. The van der Waals surface area contributed by atoms with E-state index in [-0.39, 0.29) is 17.6 Å². The number of fused-ring (bicyclic) bond motifs is 1. The molecule has 0 unspecified atom stereocenters. The van der Waals surface area contributed by atoms with Gasteiger partial charge < -0.3 is 24.6 Å². The highest BCUT2D eigenvalue weighted by molar-refractivity contribution is 5.79. The van der Waals surface area contributed by atoms with E-state index in [0.29, 0.717) is 18.9 Å². The molecule has 0 radical (unpaired) electrons. The average Bonchev–Trinajstić information content (AvgIpc) is 2.88. The zero-order chi connectivity index (χ0) is 25.9. The number of rotatable bonds is 11. The molecule has 1 saturated heterocycles. The van der Waals surface area contributed by atoms with Gasteiger partial charge in [0.15, 0.2) is 0 Å². The van der Waals surface area contributed by atoms with Gasteiger partial charge in [-0.05, 0) is 68.7 Å². The molecule has 2 heterocycles. The Balaban J connectivity index is 1.23. The zero-order valence-electron chi connectivity index (χ0n) is 22.3. The monoisotopic (exact) mass is 511 g/mol. The summed E-state index contributed by atoms with van der Waals surface area (Å²) in [6.07, 6.45) is 12.8. The van der Waals surface area contributed by atoms with E-state index < -0.39 is 0 Å². The third-order valence-corrected chi connectivity index (χ3v) is 8.05. The molecule has 0 atom stereocenters. The van der Waals surface area contributed by atoms with Crippen molar-refractivity contribution in [2.75, 3.05) is 39.3 Å². The van der Waals surface area contributed by atoms with Crippen LogP contribution in [0.3, 0.4) is 0 Å². The van der Waals surface area contributed by atoms with Crippen LogP contribution in [0.1, 0.15) is 77.0 Å². The molecular weight excluding hydrogens is 466 g/mol. The van der Waals surface area contributed by atoms with Gasteiger partial charge in [-0.15, -0.1) is 0 Å². The summed E-state index contributed by atoms with van der Waals surface area (Å²) in [5.74, 6) is 1.68. The first-order chi connectivity index (χ1) is 18.1. The van der Waals surface area contributed by atoms with Crippen LogP contribution in [-0.2, 0) is 4.79 Å². The number of carbonyl (C=O) groups excluding carboxylic acids is 1. The van der Waals surface area contributed by atoms with Crippen molar-refractivity contribution in [2.24, 2.45) is 5.92 Å². The van der Waals surface area contributed by atoms with Crippen molar-refractivity contribution < 1.29 is 14.6 Å². The first kappa shape index (κ1) is 27.6. The molecule has 1 aliphatic heterocycles. The summed E-state index contributed by atoms with van der Waals surface area (Å²) in [7, 11) is 0. The fraction of sp³-hybridized carbons (Fsp3) is 0.667. The number of piperidine rings is 1. The van der Waals surface area contributed by atoms with Crippen molar-refractivity contribution >= 4 is 16.8 Å². The fourth-order valence-corrected chi connectivity index (χ4v) is 5.71. The van der Waals surface area contributed by atoms with Gasteiger partial charge in [-0.2, -0.15) is 0 Å². The molecular formula is C30H45N3O4. The molecule has 204 valence electrons. The van der Waals surface area contributed by atoms with E-state index in [1.807, 2.05) is 18.2 Å². The van der Waals surface area contributed by atoms with Gasteiger partial charge in [0.25, 0.3) is 0 Å². The van der Waals surface area contributed by atoms with Gasteiger partial charge in [0.2, 0.25) is 11.5 Å². The van der Waals surface area contributed by atoms with Crippen LogP contribution in [-0.4, -0.2) is 71.2 Å².